The number of rotatable bonds is 4. The molecule has 6 nitrogen and oxygen atoms in total. The molecule has 1 aromatic heterocycles. The van der Waals surface area contributed by atoms with E-state index in [1.165, 1.54) is 21.4 Å². The first-order chi connectivity index (χ1) is 13.9. The lowest BCUT2D eigenvalue weighted by Crippen LogP contribution is -2.45. The normalized spacial score (nSPS) is 13.3. The number of aromatic nitrogens is 3. The first-order valence-electron chi connectivity index (χ1n) is 8.35. The van der Waals surface area contributed by atoms with Crippen molar-refractivity contribution < 1.29 is 18.3 Å². The van der Waals surface area contributed by atoms with Gasteiger partial charge in [0.1, 0.15) is 24.0 Å². The number of benzene rings is 2. The number of fused-ring (bicyclic) bond motifs is 1. The molecule has 3 aromatic rings. The summed E-state index contributed by atoms with van der Waals surface area (Å²) in [6.07, 6.45) is 0. The Morgan fingerprint density at radius 3 is 2.62 bits per heavy atom. The number of halogens is 4. The van der Waals surface area contributed by atoms with Crippen LogP contribution in [-0.2, 0) is 6.61 Å². The van der Waals surface area contributed by atoms with E-state index in [9.17, 15) is 13.6 Å². The van der Waals surface area contributed by atoms with Crippen LogP contribution in [0.2, 0.25) is 10.0 Å². The van der Waals surface area contributed by atoms with Crippen molar-refractivity contribution in [2.75, 3.05) is 17.3 Å². The largest absolute Gasteiger partial charge is 0.484 e. The van der Waals surface area contributed by atoms with Gasteiger partial charge in [-0.1, -0.05) is 35.0 Å². The molecule has 2 heterocycles. The Hall–Kier alpha value is -2.36. The van der Waals surface area contributed by atoms with Crippen molar-refractivity contribution in [2.45, 2.75) is 11.8 Å². The predicted molar refractivity (Wildman–Crippen MR) is 105 cm³/mol. The summed E-state index contributed by atoms with van der Waals surface area (Å²) in [6, 6.07) is 7.48. The van der Waals surface area contributed by atoms with Crippen LogP contribution in [0.3, 0.4) is 0 Å². The number of amides is 1. The zero-order valence-corrected chi connectivity index (χ0v) is 16.9. The number of hydrogen-bond donors (Lipinski definition) is 0. The summed E-state index contributed by atoms with van der Waals surface area (Å²) in [5, 5.41) is 10.8. The molecular weight excluding hydrogens is 445 g/mol. The highest BCUT2D eigenvalue weighted by atomic mass is 35.5. The molecule has 2 aromatic carbocycles. The third kappa shape index (κ3) is 4.17. The van der Waals surface area contributed by atoms with Gasteiger partial charge in [-0.15, -0.1) is 10.2 Å². The molecule has 0 spiro atoms. The lowest BCUT2D eigenvalue weighted by atomic mass is 10.2. The van der Waals surface area contributed by atoms with Crippen LogP contribution in [-0.4, -0.2) is 33.1 Å². The number of thioether (sulfide) groups is 1. The summed E-state index contributed by atoms with van der Waals surface area (Å²) in [4.78, 5) is 12.9. The first kappa shape index (κ1) is 19.9. The summed E-state index contributed by atoms with van der Waals surface area (Å²) in [6.45, 7) is 0.275. The van der Waals surface area contributed by atoms with Gasteiger partial charge >= 0.3 is 0 Å². The Bertz CT molecular complexity index is 1080. The van der Waals surface area contributed by atoms with Crippen LogP contribution in [0, 0.1) is 11.6 Å². The van der Waals surface area contributed by atoms with Crippen molar-refractivity contribution in [3.8, 4) is 5.75 Å². The summed E-state index contributed by atoms with van der Waals surface area (Å²) >= 11 is 13.4. The Kier molecular flexibility index (Phi) is 5.62. The second-order valence-electron chi connectivity index (χ2n) is 6.01. The monoisotopic (exact) mass is 456 g/mol. The zero-order chi connectivity index (χ0) is 20.5. The van der Waals surface area contributed by atoms with Gasteiger partial charge < -0.3 is 4.74 Å². The van der Waals surface area contributed by atoms with Gasteiger partial charge in [0, 0.05) is 22.4 Å². The lowest BCUT2D eigenvalue weighted by molar-refractivity contribution is 0.0952. The molecule has 0 saturated carbocycles. The molecule has 0 N–H and O–H groups in total. The smallest absolute Gasteiger partial charge is 0.273 e. The van der Waals surface area contributed by atoms with E-state index in [0.29, 0.717) is 45.1 Å². The van der Waals surface area contributed by atoms with E-state index >= 15 is 0 Å². The average Bonchev–Trinajstić information content (AvgIpc) is 3.09. The number of carbonyl (C=O) groups is 1. The van der Waals surface area contributed by atoms with Crippen molar-refractivity contribution in [3.63, 3.8) is 0 Å². The van der Waals surface area contributed by atoms with Crippen molar-refractivity contribution >= 4 is 40.9 Å². The topological polar surface area (TPSA) is 60.3 Å². The van der Waals surface area contributed by atoms with Gasteiger partial charge in [0.2, 0.25) is 5.16 Å². The van der Waals surface area contributed by atoms with Crippen molar-refractivity contribution in [1.29, 1.82) is 0 Å². The fraction of sp³-hybridized carbons (Fsp3) is 0.167. The fourth-order valence-electron chi connectivity index (χ4n) is 2.79. The van der Waals surface area contributed by atoms with Crippen LogP contribution in [0.25, 0.3) is 0 Å². The molecule has 0 atom stereocenters. The Morgan fingerprint density at radius 2 is 1.90 bits per heavy atom. The number of carbonyl (C=O) groups excluding carboxylic acids is 1. The minimum absolute atomic E-state index is 0.0315. The second-order valence-corrected chi connectivity index (χ2v) is 7.91. The molecule has 0 saturated heterocycles. The predicted octanol–water partition coefficient (Wildman–Crippen LogP) is 4.33. The lowest BCUT2D eigenvalue weighted by Gasteiger charge is -2.29. The highest BCUT2D eigenvalue weighted by Crippen LogP contribution is 2.29. The molecule has 0 fully saturated rings. The summed E-state index contributed by atoms with van der Waals surface area (Å²) in [5.74, 6) is -0.943. The van der Waals surface area contributed by atoms with Crippen molar-refractivity contribution in [1.82, 2.24) is 14.9 Å². The maximum Gasteiger partial charge on any atom is 0.273 e. The third-order valence-corrected chi connectivity index (χ3v) is 5.48. The van der Waals surface area contributed by atoms with E-state index in [1.807, 2.05) is 0 Å². The first-order valence-corrected chi connectivity index (χ1v) is 10.1. The third-order valence-electron chi connectivity index (χ3n) is 4.05. The van der Waals surface area contributed by atoms with Crippen LogP contribution in [0.5, 0.6) is 5.75 Å². The van der Waals surface area contributed by atoms with E-state index in [0.717, 1.165) is 12.1 Å². The minimum atomic E-state index is -0.829. The fourth-order valence-corrected chi connectivity index (χ4v) is 4.13. The Labute approximate surface area is 178 Å². The molecular formula is C18H12Cl2F2N4O2S. The van der Waals surface area contributed by atoms with Gasteiger partial charge in [0.05, 0.1) is 11.6 Å². The zero-order valence-electron chi connectivity index (χ0n) is 14.6. The molecule has 0 bridgehead atoms. The molecule has 29 heavy (non-hydrogen) atoms. The maximum atomic E-state index is 13.6. The van der Waals surface area contributed by atoms with E-state index in [1.54, 1.807) is 18.2 Å². The van der Waals surface area contributed by atoms with Gasteiger partial charge in [-0.2, -0.15) is 0 Å². The summed E-state index contributed by atoms with van der Waals surface area (Å²) in [7, 11) is 0. The van der Waals surface area contributed by atoms with Crippen LogP contribution in [0.4, 0.5) is 8.78 Å². The molecule has 0 radical (unpaired) electrons. The molecule has 4 rings (SSSR count). The minimum Gasteiger partial charge on any atom is -0.484 e. The molecule has 1 aliphatic heterocycles. The quantitative estimate of drug-likeness (QED) is 0.584. The van der Waals surface area contributed by atoms with Gasteiger partial charge in [-0.25, -0.2) is 18.5 Å². The average molecular weight is 457 g/mol. The Morgan fingerprint density at radius 1 is 1.14 bits per heavy atom. The highest BCUT2D eigenvalue weighted by Gasteiger charge is 2.29. The van der Waals surface area contributed by atoms with E-state index in [-0.39, 0.29) is 12.2 Å². The molecule has 1 amide bonds. The summed E-state index contributed by atoms with van der Waals surface area (Å²) < 4.78 is 34.3. The van der Waals surface area contributed by atoms with Crippen LogP contribution in [0.1, 0.15) is 16.2 Å². The van der Waals surface area contributed by atoms with Gasteiger partial charge in [-0.05, 0) is 30.3 Å². The maximum absolute atomic E-state index is 13.6. The van der Waals surface area contributed by atoms with Crippen molar-refractivity contribution in [3.05, 3.63) is 69.5 Å². The number of ether oxygens (including phenoxy) is 1. The highest BCUT2D eigenvalue weighted by molar-refractivity contribution is 7.99. The molecule has 0 aliphatic carbocycles. The number of nitrogens with zero attached hydrogens (tertiary/aromatic N) is 4. The van der Waals surface area contributed by atoms with Crippen LogP contribution >= 0.6 is 35.0 Å². The van der Waals surface area contributed by atoms with Gasteiger partial charge in [-0.3, -0.25) is 4.79 Å². The molecule has 1 aliphatic rings. The second kappa shape index (κ2) is 8.17. The van der Waals surface area contributed by atoms with Crippen LogP contribution < -0.4 is 9.75 Å². The standard InChI is InChI=1S/C18H12Cl2F2N4O2S/c19-11-1-2-15(14(20)7-11)28-9-16-23-24-18-26(16)25(3-4-29-18)17(27)10-5-12(21)8-13(22)6-10/h1-2,5-8H,3-4,9H2. The Balaban J connectivity index is 1.61. The van der Waals surface area contributed by atoms with E-state index < -0.39 is 17.5 Å². The molecule has 0 unspecified atom stereocenters. The SMILES string of the molecule is O=C(c1cc(F)cc(F)c1)N1CCSc2nnc(COc3ccc(Cl)cc3Cl)n21. The molecule has 11 heteroatoms. The van der Waals surface area contributed by atoms with Crippen molar-refractivity contribution in [2.24, 2.45) is 0 Å². The van der Waals surface area contributed by atoms with Gasteiger partial charge in [0.25, 0.3) is 5.91 Å². The number of hydrogen-bond acceptors (Lipinski definition) is 5. The van der Waals surface area contributed by atoms with E-state index in [4.69, 9.17) is 27.9 Å². The van der Waals surface area contributed by atoms with E-state index in [2.05, 4.69) is 10.2 Å². The van der Waals surface area contributed by atoms with Gasteiger partial charge in [0.15, 0.2) is 5.82 Å². The molecule has 150 valence electrons. The summed E-state index contributed by atoms with van der Waals surface area (Å²) in [5.41, 5.74) is -0.110. The van der Waals surface area contributed by atoms with Crippen LogP contribution in [0.15, 0.2) is 41.6 Å².